The Bertz CT molecular complexity index is 780. The lowest BCUT2D eigenvalue weighted by Gasteiger charge is -2.28. The summed E-state index contributed by atoms with van der Waals surface area (Å²) in [5, 5.41) is 15.4. The average molecular weight is 421 g/mol. The number of aryl methyl sites for hydroxylation is 1. The van der Waals surface area contributed by atoms with Crippen LogP contribution < -0.4 is 15.4 Å². The highest BCUT2D eigenvalue weighted by molar-refractivity contribution is 6.30. The third-order valence-electron chi connectivity index (χ3n) is 3.86. The molecule has 1 unspecified atom stereocenters. The van der Waals surface area contributed by atoms with E-state index in [1.807, 2.05) is 0 Å². The molecule has 154 valence electrons. The Morgan fingerprint density at radius 1 is 1.14 bits per heavy atom. The Morgan fingerprint density at radius 3 is 2.36 bits per heavy atom. The molecule has 1 aromatic carbocycles. The van der Waals surface area contributed by atoms with Gasteiger partial charge < -0.3 is 24.9 Å². The number of halogens is 4. The van der Waals surface area contributed by atoms with Crippen molar-refractivity contribution in [1.29, 1.82) is 0 Å². The molecule has 0 aliphatic carbocycles. The van der Waals surface area contributed by atoms with E-state index in [0.29, 0.717) is 10.8 Å². The molecule has 6 nitrogen and oxygen atoms in total. The van der Waals surface area contributed by atoms with Crippen LogP contribution >= 0.6 is 11.6 Å². The van der Waals surface area contributed by atoms with E-state index in [-0.39, 0.29) is 18.9 Å². The predicted octanol–water partition coefficient (Wildman–Crippen LogP) is 3.76. The molecule has 2 amide bonds. The maximum absolute atomic E-state index is 13.3. The van der Waals surface area contributed by atoms with E-state index in [9.17, 15) is 23.1 Å². The highest BCUT2D eigenvalue weighted by Crippen LogP contribution is 2.41. The molecule has 0 aliphatic heterocycles. The van der Waals surface area contributed by atoms with E-state index < -0.39 is 36.5 Å². The molecule has 0 fully saturated rings. The Labute approximate surface area is 164 Å². The Balaban J connectivity index is 1.75. The zero-order chi connectivity index (χ0) is 20.8. The highest BCUT2D eigenvalue weighted by Gasteiger charge is 2.56. The molecule has 28 heavy (non-hydrogen) atoms. The number of urea groups is 1. The van der Waals surface area contributed by atoms with Gasteiger partial charge >= 0.3 is 12.2 Å². The maximum Gasteiger partial charge on any atom is 0.424 e. The molecule has 2 rings (SSSR count). The number of aliphatic hydroxyl groups is 1. The molecule has 0 bridgehead atoms. The van der Waals surface area contributed by atoms with Crippen LogP contribution in [-0.4, -0.2) is 37.0 Å². The van der Waals surface area contributed by atoms with Crippen molar-refractivity contribution in [2.45, 2.75) is 25.1 Å². The molecule has 0 saturated carbocycles. The summed E-state index contributed by atoms with van der Waals surface area (Å²) in [4.78, 5) is 11.7. The van der Waals surface area contributed by atoms with Gasteiger partial charge in [0.2, 0.25) is 5.60 Å². The van der Waals surface area contributed by atoms with Gasteiger partial charge in [-0.2, -0.15) is 13.2 Å². The second-order valence-corrected chi connectivity index (χ2v) is 6.44. The first-order valence-electron chi connectivity index (χ1n) is 8.38. The van der Waals surface area contributed by atoms with E-state index >= 15 is 0 Å². The number of benzene rings is 1. The van der Waals surface area contributed by atoms with Crippen LogP contribution in [0.25, 0.3) is 0 Å². The van der Waals surface area contributed by atoms with Crippen LogP contribution in [-0.2, 0) is 5.60 Å². The van der Waals surface area contributed by atoms with Gasteiger partial charge in [0.25, 0.3) is 0 Å². The zero-order valence-corrected chi connectivity index (χ0v) is 15.7. The zero-order valence-electron chi connectivity index (χ0n) is 15.0. The lowest BCUT2D eigenvalue weighted by molar-refractivity contribution is -0.274. The van der Waals surface area contributed by atoms with Crippen LogP contribution in [0.5, 0.6) is 5.75 Å². The van der Waals surface area contributed by atoms with Crippen molar-refractivity contribution in [1.82, 2.24) is 10.6 Å². The second kappa shape index (κ2) is 9.20. The minimum absolute atomic E-state index is 0.134. The van der Waals surface area contributed by atoms with Crippen molar-refractivity contribution >= 4 is 17.6 Å². The highest BCUT2D eigenvalue weighted by atomic mass is 35.5. The summed E-state index contributed by atoms with van der Waals surface area (Å²) in [6.07, 6.45) is -5.75. The van der Waals surface area contributed by atoms with Crippen LogP contribution in [0.2, 0.25) is 5.02 Å². The first kappa shape index (κ1) is 21.9. The molecule has 1 atom stereocenters. The molecule has 0 aliphatic rings. The van der Waals surface area contributed by atoms with Crippen molar-refractivity contribution in [3.63, 3.8) is 0 Å². The smallest absolute Gasteiger partial charge is 0.424 e. The molecule has 1 aromatic heterocycles. The molecule has 2 aromatic rings. The lowest BCUT2D eigenvalue weighted by Crippen LogP contribution is -2.46. The molecule has 3 N–H and O–H groups in total. The van der Waals surface area contributed by atoms with Crippen LogP contribution in [0.15, 0.2) is 40.8 Å². The molecular formula is C18H20ClF3N2O4. The fourth-order valence-corrected chi connectivity index (χ4v) is 2.47. The number of nitrogens with one attached hydrogen (secondary N) is 2. The van der Waals surface area contributed by atoms with Crippen LogP contribution in [0.3, 0.4) is 0 Å². The topological polar surface area (TPSA) is 83.7 Å². The molecule has 10 heteroatoms. The van der Waals surface area contributed by atoms with E-state index in [1.54, 1.807) is 24.3 Å². The molecule has 0 spiro atoms. The summed E-state index contributed by atoms with van der Waals surface area (Å²) in [7, 11) is 0. The predicted molar refractivity (Wildman–Crippen MR) is 96.4 cm³/mol. The van der Waals surface area contributed by atoms with Gasteiger partial charge in [0.05, 0.1) is 6.54 Å². The number of amides is 2. The number of furan rings is 1. The van der Waals surface area contributed by atoms with Crippen molar-refractivity contribution in [2.75, 3.05) is 19.7 Å². The quantitative estimate of drug-likeness (QED) is 0.568. The SMILES string of the molecule is Cc1ccc(C(O)(CCNC(=O)NCCOc2ccc(Cl)cc2)C(F)(F)F)o1. The molecule has 1 heterocycles. The standard InChI is InChI=1S/C18H20ClF3N2O4/c1-12-2-7-15(28-12)17(26,18(20,21)22)8-9-23-16(25)24-10-11-27-14-5-3-13(19)4-6-14/h2-7,26H,8-11H2,1H3,(H2,23,24,25). The van der Waals surface area contributed by atoms with Crippen molar-refractivity contribution in [3.8, 4) is 5.75 Å². The fourth-order valence-electron chi connectivity index (χ4n) is 2.35. The van der Waals surface area contributed by atoms with Gasteiger partial charge in [0.15, 0.2) is 0 Å². The van der Waals surface area contributed by atoms with Crippen molar-refractivity contribution in [2.24, 2.45) is 0 Å². The summed E-state index contributed by atoms with van der Waals surface area (Å²) < 4.78 is 50.2. The summed E-state index contributed by atoms with van der Waals surface area (Å²) in [5.41, 5.74) is -3.19. The largest absolute Gasteiger partial charge is 0.492 e. The van der Waals surface area contributed by atoms with Crippen LogP contribution in [0, 0.1) is 6.92 Å². The summed E-state index contributed by atoms with van der Waals surface area (Å²) >= 11 is 5.75. The van der Waals surface area contributed by atoms with E-state index in [0.717, 1.165) is 6.07 Å². The number of carbonyl (C=O) groups is 1. The summed E-state index contributed by atoms with van der Waals surface area (Å²) in [5.74, 6) is 0.190. The van der Waals surface area contributed by atoms with Gasteiger partial charge in [-0.1, -0.05) is 11.6 Å². The first-order chi connectivity index (χ1) is 13.1. The average Bonchev–Trinajstić information content (AvgIpc) is 3.06. The molecular weight excluding hydrogens is 401 g/mol. The Kier molecular flexibility index (Phi) is 7.20. The minimum Gasteiger partial charge on any atom is -0.492 e. The number of alkyl halides is 3. The van der Waals surface area contributed by atoms with Gasteiger partial charge in [0.1, 0.15) is 23.9 Å². The Morgan fingerprint density at radius 2 is 1.79 bits per heavy atom. The minimum atomic E-state index is -4.96. The lowest BCUT2D eigenvalue weighted by atomic mass is 9.96. The number of carbonyl (C=O) groups excluding carboxylic acids is 1. The maximum atomic E-state index is 13.3. The van der Waals surface area contributed by atoms with Gasteiger partial charge in [-0.05, 0) is 43.3 Å². The van der Waals surface area contributed by atoms with Gasteiger partial charge in [-0.3, -0.25) is 0 Å². The van der Waals surface area contributed by atoms with Crippen LogP contribution in [0.4, 0.5) is 18.0 Å². The van der Waals surface area contributed by atoms with Crippen LogP contribution in [0.1, 0.15) is 17.9 Å². The number of ether oxygens (including phenoxy) is 1. The third-order valence-corrected chi connectivity index (χ3v) is 4.11. The number of hydrogen-bond acceptors (Lipinski definition) is 4. The fraction of sp³-hybridized carbons (Fsp3) is 0.389. The monoisotopic (exact) mass is 420 g/mol. The summed E-state index contributed by atoms with van der Waals surface area (Å²) in [6.45, 7) is 1.35. The first-order valence-corrected chi connectivity index (χ1v) is 8.76. The van der Waals surface area contributed by atoms with E-state index in [4.69, 9.17) is 20.8 Å². The second-order valence-electron chi connectivity index (χ2n) is 6.00. The normalized spacial score (nSPS) is 13.6. The number of rotatable bonds is 8. The van der Waals surface area contributed by atoms with Gasteiger partial charge in [-0.25, -0.2) is 4.79 Å². The summed E-state index contributed by atoms with van der Waals surface area (Å²) in [6, 6.07) is 8.34. The van der Waals surface area contributed by atoms with E-state index in [2.05, 4.69) is 10.6 Å². The molecule has 0 radical (unpaired) electrons. The van der Waals surface area contributed by atoms with Crippen molar-refractivity contribution < 1.29 is 32.2 Å². The van der Waals surface area contributed by atoms with E-state index in [1.165, 1.54) is 13.0 Å². The molecule has 0 saturated heterocycles. The van der Waals surface area contributed by atoms with Gasteiger partial charge in [0, 0.05) is 18.0 Å². The third kappa shape index (κ3) is 5.80. The van der Waals surface area contributed by atoms with Crippen molar-refractivity contribution in [3.05, 3.63) is 52.9 Å². The Hall–Kier alpha value is -2.39. The number of hydrogen-bond donors (Lipinski definition) is 3. The van der Waals surface area contributed by atoms with Gasteiger partial charge in [-0.15, -0.1) is 0 Å².